The summed E-state index contributed by atoms with van der Waals surface area (Å²) in [5, 5.41) is 3.66. The largest absolute Gasteiger partial charge is 0.313 e. The number of nitrogens with zero attached hydrogens (tertiary/aromatic N) is 2. The van der Waals surface area contributed by atoms with E-state index in [2.05, 4.69) is 43.1 Å². The van der Waals surface area contributed by atoms with Crippen LogP contribution in [0, 0.1) is 5.92 Å². The van der Waals surface area contributed by atoms with Gasteiger partial charge in [0.2, 0.25) is 0 Å². The third-order valence-electron chi connectivity index (χ3n) is 3.76. The molecule has 0 radical (unpaired) electrons. The minimum absolute atomic E-state index is 0.720. The highest BCUT2D eigenvalue weighted by Gasteiger charge is 2.19. The molecule has 0 aliphatic carbocycles. The van der Waals surface area contributed by atoms with Gasteiger partial charge >= 0.3 is 0 Å². The summed E-state index contributed by atoms with van der Waals surface area (Å²) in [6.45, 7) is 10.7. The number of hydrogen-bond acceptors (Lipinski definition) is 3. The first-order valence-corrected chi connectivity index (χ1v) is 7.22. The molecule has 3 heteroatoms. The highest BCUT2D eigenvalue weighted by Crippen LogP contribution is 2.15. The lowest BCUT2D eigenvalue weighted by Gasteiger charge is -2.32. The van der Waals surface area contributed by atoms with Crippen LogP contribution in [0.25, 0.3) is 0 Å². The highest BCUT2D eigenvalue weighted by molar-refractivity contribution is 4.79. The summed E-state index contributed by atoms with van der Waals surface area (Å²) in [7, 11) is 4.31. The zero-order valence-electron chi connectivity index (χ0n) is 12.2. The summed E-state index contributed by atoms with van der Waals surface area (Å²) in [5.41, 5.74) is 0. The molecule has 3 nitrogen and oxygen atoms in total. The summed E-state index contributed by atoms with van der Waals surface area (Å²) in [5.74, 6) is 0.904. The van der Waals surface area contributed by atoms with Crippen molar-refractivity contribution in [2.75, 3.05) is 46.8 Å². The Kier molecular flexibility index (Phi) is 7.09. The first kappa shape index (κ1) is 14.9. The molecular formula is C14H31N3. The summed E-state index contributed by atoms with van der Waals surface area (Å²) >= 11 is 0. The topological polar surface area (TPSA) is 18.5 Å². The van der Waals surface area contributed by atoms with Crippen molar-refractivity contribution >= 4 is 0 Å². The fourth-order valence-corrected chi connectivity index (χ4v) is 2.66. The number of likely N-dealkylation sites (N-methyl/N-ethyl adjacent to an activating group) is 1. The summed E-state index contributed by atoms with van der Waals surface area (Å²) in [6.07, 6.45) is 3.98. The molecule has 2 atom stereocenters. The predicted molar refractivity (Wildman–Crippen MR) is 75.5 cm³/mol. The second-order valence-corrected chi connectivity index (χ2v) is 5.83. The van der Waals surface area contributed by atoms with Crippen molar-refractivity contribution in [3.05, 3.63) is 0 Å². The van der Waals surface area contributed by atoms with Crippen LogP contribution in [0.1, 0.15) is 33.1 Å². The molecule has 1 N–H and O–H groups in total. The molecule has 102 valence electrons. The van der Waals surface area contributed by atoms with Crippen LogP contribution in [0.15, 0.2) is 0 Å². The Morgan fingerprint density at radius 2 is 2.00 bits per heavy atom. The Labute approximate surface area is 108 Å². The third-order valence-corrected chi connectivity index (χ3v) is 3.76. The molecule has 0 saturated carbocycles. The second-order valence-electron chi connectivity index (χ2n) is 5.83. The van der Waals surface area contributed by atoms with Gasteiger partial charge in [0.05, 0.1) is 0 Å². The third kappa shape index (κ3) is 6.39. The fraction of sp³-hybridized carbons (Fsp3) is 1.00. The lowest BCUT2D eigenvalue weighted by atomic mass is 9.94. The highest BCUT2D eigenvalue weighted by atomic mass is 15.2. The van der Waals surface area contributed by atoms with Gasteiger partial charge in [0.1, 0.15) is 0 Å². The van der Waals surface area contributed by atoms with E-state index in [4.69, 9.17) is 0 Å². The molecule has 1 aliphatic rings. The first-order valence-electron chi connectivity index (χ1n) is 7.22. The van der Waals surface area contributed by atoms with E-state index in [1.54, 1.807) is 0 Å². The molecule has 0 spiro atoms. The van der Waals surface area contributed by atoms with Crippen molar-refractivity contribution in [3.63, 3.8) is 0 Å². The molecule has 2 unspecified atom stereocenters. The van der Waals surface area contributed by atoms with Gasteiger partial charge in [-0.1, -0.05) is 13.8 Å². The number of hydrogen-bond donors (Lipinski definition) is 1. The zero-order valence-corrected chi connectivity index (χ0v) is 12.2. The number of piperidine rings is 1. The molecule has 0 aromatic heterocycles. The van der Waals surface area contributed by atoms with Crippen molar-refractivity contribution in [1.82, 2.24) is 15.1 Å². The Morgan fingerprint density at radius 1 is 1.24 bits per heavy atom. The van der Waals surface area contributed by atoms with Crippen LogP contribution in [0.2, 0.25) is 0 Å². The Morgan fingerprint density at radius 3 is 2.59 bits per heavy atom. The lowest BCUT2D eigenvalue weighted by molar-refractivity contribution is 0.205. The maximum Gasteiger partial charge on any atom is 0.0197 e. The molecule has 1 fully saturated rings. The van der Waals surface area contributed by atoms with Crippen molar-refractivity contribution in [2.24, 2.45) is 5.92 Å². The van der Waals surface area contributed by atoms with Gasteiger partial charge in [0.25, 0.3) is 0 Å². The quantitative estimate of drug-likeness (QED) is 0.731. The summed E-state index contributed by atoms with van der Waals surface area (Å²) in [6, 6.07) is 0.720. The van der Waals surface area contributed by atoms with E-state index in [0.717, 1.165) is 12.0 Å². The Balaban J connectivity index is 2.20. The summed E-state index contributed by atoms with van der Waals surface area (Å²) in [4.78, 5) is 4.87. The van der Waals surface area contributed by atoms with Gasteiger partial charge in [-0.05, 0) is 65.5 Å². The van der Waals surface area contributed by atoms with Crippen LogP contribution in [-0.2, 0) is 0 Å². The molecule has 17 heavy (non-hydrogen) atoms. The zero-order chi connectivity index (χ0) is 12.7. The predicted octanol–water partition coefficient (Wildman–Crippen LogP) is 1.65. The fourth-order valence-electron chi connectivity index (χ4n) is 2.66. The van der Waals surface area contributed by atoms with Crippen LogP contribution in [0.4, 0.5) is 0 Å². The van der Waals surface area contributed by atoms with Crippen molar-refractivity contribution in [3.8, 4) is 0 Å². The van der Waals surface area contributed by atoms with Crippen molar-refractivity contribution in [2.45, 2.75) is 39.2 Å². The van der Waals surface area contributed by atoms with Crippen LogP contribution in [-0.4, -0.2) is 62.7 Å². The van der Waals surface area contributed by atoms with E-state index in [-0.39, 0.29) is 0 Å². The second kappa shape index (κ2) is 8.06. The molecule has 1 heterocycles. The molecule has 0 bridgehead atoms. The van der Waals surface area contributed by atoms with Gasteiger partial charge in [-0.2, -0.15) is 0 Å². The lowest BCUT2D eigenvalue weighted by Crippen LogP contribution is -2.46. The van der Waals surface area contributed by atoms with Crippen molar-refractivity contribution in [1.29, 1.82) is 0 Å². The smallest absolute Gasteiger partial charge is 0.0197 e. The maximum absolute atomic E-state index is 3.66. The van der Waals surface area contributed by atoms with E-state index in [1.807, 2.05) is 0 Å². The van der Waals surface area contributed by atoms with Gasteiger partial charge in [-0.3, -0.25) is 0 Å². The number of rotatable bonds is 7. The van der Waals surface area contributed by atoms with E-state index < -0.39 is 0 Å². The monoisotopic (exact) mass is 241 g/mol. The average molecular weight is 241 g/mol. The Bertz CT molecular complexity index is 194. The SMILES string of the molecule is CCN(CCCN(C)C)CC1CC(C)CCN1. The Hall–Kier alpha value is -0.120. The van der Waals surface area contributed by atoms with E-state index in [0.29, 0.717) is 0 Å². The van der Waals surface area contributed by atoms with Gasteiger partial charge in [0, 0.05) is 12.6 Å². The van der Waals surface area contributed by atoms with E-state index in [1.165, 1.54) is 52.0 Å². The van der Waals surface area contributed by atoms with Gasteiger partial charge in [-0.25, -0.2) is 0 Å². The van der Waals surface area contributed by atoms with Crippen LogP contribution in [0.5, 0.6) is 0 Å². The maximum atomic E-state index is 3.66. The minimum atomic E-state index is 0.720. The summed E-state index contributed by atoms with van der Waals surface area (Å²) < 4.78 is 0. The van der Waals surface area contributed by atoms with E-state index >= 15 is 0 Å². The molecular weight excluding hydrogens is 210 g/mol. The average Bonchev–Trinajstić information content (AvgIpc) is 2.27. The van der Waals surface area contributed by atoms with Gasteiger partial charge < -0.3 is 15.1 Å². The van der Waals surface area contributed by atoms with E-state index in [9.17, 15) is 0 Å². The molecule has 0 aromatic rings. The van der Waals surface area contributed by atoms with Crippen LogP contribution >= 0.6 is 0 Å². The minimum Gasteiger partial charge on any atom is -0.313 e. The molecule has 1 aliphatic heterocycles. The van der Waals surface area contributed by atoms with Gasteiger partial charge in [0.15, 0.2) is 0 Å². The van der Waals surface area contributed by atoms with Crippen molar-refractivity contribution < 1.29 is 0 Å². The molecule has 0 amide bonds. The standard InChI is InChI=1S/C14H31N3/c1-5-17(10-6-9-16(3)4)12-14-11-13(2)7-8-15-14/h13-15H,5-12H2,1-4H3. The number of nitrogens with one attached hydrogen (secondary N) is 1. The van der Waals surface area contributed by atoms with Crippen LogP contribution in [0.3, 0.4) is 0 Å². The van der Waals surface area contributed by atoms with Gasteiger partial charge in [-0.15, -0.1) is 0 Å². The molecule has 1 rings (SSSR count). The normalized spacial score (nSPS) is 25.8. The molecule has 0 aromatic carbocycles. The van der Waals surface area contributed by atoms with Crippen LogP contribution < -0.4 is 5.32 Å². The molecule has 1 saturated heterocycles. The first-order chi connectivity index (χ1) is 8.11.